The normalized spacial score (nSPS) is 14.0. The van der Waals surface area contributed by atoms with E-state index in [1.165, 1.54) is 29.8 Å². The SMILES string of the molecule is C#CCNC/C=C/C(=O)N1CCC(=C(c2ccc(F)cc2)c2ccc(F)cc2)CC1. The maximum atomic E-state index is 13.4. The van der Waals surface area contributed by atoms with Crippen molar-refractivity contribution in [1.29, 1.82) is 0 Å². The zero-order valence-electron chi connectivity index (χ0n) is 16.7. The first-order valence-corrected chi connectivity index (χ1v) is 9.92. The van der Waals surface area contributed by atoms with Crippen molar-refractivity contribution in [3.05, 3.63) is 89.0 Å². The van der Waals surface area contributed by atoms with Crippen molar-refractivity contribution < 1.29 is 13.6 Å². The summed E-state index contributed by atoms with van der Waals surface area (Å²) in [6, 6.07) is 12.7. The highest BCUT2D eigenvalue weighted by molar-refractivity contribution is 5.88. The number of amides is 1. The summed E-state index contributed by atoms with van der Waals surface area (Å²) >= 11 is 0. The van der Waals surface area contributed by atoms with E-state index in [1.54, 1.807) is 36.4 Å². The molecule has 1 fully saturated rings. The second-order valence-corrected chi connectivity index (χ2v) is 7.06. The van der Waals surface area contributed by atoms with E-state index in [9.17, 15) is 13.6 Å². The summed E-state index contributed by atoms with van der Waals surface area (Å²) in [7, 11) is 0. The van der Waals surface area contributed by atoms with Crippen LogP contribution in [0.25, 0.3) is 5.57 Å². The van der Waals surface area contributed by atoms with Gasteiger partial charge >= 0.3 is 0 Å². The molecule has 1 saturated heterocycles. The van der Waals surface area contributed by atoms with Gasteiger partial charge in [0.15, 0.2) is 0 Å². The molecule has 0 aliphatic carbocycles. The Morgan fingerprint density at radius 1 is 1.00 bits per heavy atom. The molecule has 2 aromatic rings. The summed E-state index contributed by atoms with van der Waals surface area (Å²) in [5, 5.41) is 3.01. The fraction of sp³-hybridized carbons (Fsp3) is 0.240. The van der Waals surface area contributed by atoms with Crippen molar-refractivity contribution in [3.8, 4) is 12.3 Å². The Morgan fingerprint density at radius 2 is 1.53 bits per heavy atom. The number of nitrogens with one attached hydrogen (secondary N) is 1. The standard InChI is InChI=1S/C25H24F2N2O/c1-2-15-28-16-3-4-24(30)29-17-13-21(14-18-29)25(19-5-9-22(26)10-6-19)20-7-11-23(27)12-8-20/h1,3-12,28H,13-18H2/b4-3+. The first-order valence-electron chi connectivity index (χ1n) is 9.92. The molecule has 0 radical (unpaired) electrons. The van der Waals surface area contributed by atoms with Crippen LogP contribution in [0.3, 0.4) is 0 Å². The lowest BCUT2D eigenvalue weighted by molar-refractivity contribution is -0.126. The molecular weight excluding hydrogens is 382 g/mol. The van der Waals surface area contributed by atoms with Gasteiger partial charge in [-0.15, -0.1) is 6.42 Å². The first-order chi connectivity index (χ1) is 14.6. The number of piperidine rings is 1. The molecule has 1 heterocycles. The predicted octanol–water partition coefficient (Wildman–Crippen LogP) is 4.17. The highest BCUT2D eigenvalue weighted by atomic mass is 19.1. The van der Waals surface area contributed by atoms with Crippen molar-refractivity contribution >= 4 is 11.5 Å². The smallest absolute Gasteiger partial charge is 0.246 e. The van der Waals surface area contributed by atoms with Crippen LogP contribution in [0.4, 0.5) is 8.78 Å². The average Bonchev–Trinajstić information content (AvgIpc) is 2.77. The number of carbonyl (C=O) groups is 1. The fourth-order valence-corrected chi connectivity index (χ4v) is 3.55. The predicted molar refractivity (Wildman–Crippen MR) is 115 cm³/mol. The van der Waals surface area contributed by atoms with Gasteiger partial charge in [-0.2, -0.15) is 0 Å². The molecule has 2 aromatic carbocycles. The number of carbonyl (C=O) groups excluding carboxylic acids is 1. The van der Waals surface area contributed by atoms with Crippen LogP contribution in [0.5, 0.6) is 0 Å². The minimum Gasteiger partial charge on any atom is -0.339 e. The highest BCUT2D eigenvalue weighted by Gasteiger charge is 2.21. The Hall–Kier alpha value is -3.23. The second-order valence-electron chi connectivity index (χ2n) is 7.06. The third-order valence-electron chi connectivity index (χ3n) is 5.05. The van der Waals surface area contributed by atoms with E-state index >= 15 is 0 Å². The minimum absolute atomic E-state index is 0.0262. The van der Waals surface area contributed by atoms with Gasteiger partial charge in [-0.25, -0.2) is 8.78 Å². The zero-order valence-corrected chi connectivity index (χ0v) is 16.7. The Kier molecular flexibility index (Phi) is 7.53. The molecule has 154 valence electrons. The number of benzene rings is 2. The van der Waals surface area contributed by atoms with E-state index in [1.807, 2.05) is 4.90 Å². The van der Waals surface area contributed by atoms with E-state index in [0.29, 0.717) is 39.0 Å². The molecule has 0 unspecified atom stereocenters. The molecule has 1 amide bonds. The van der Waals surface area contributed by atoms with Crippen LogP contribution >= 0.6 is 0 Å². The van der Waals surface area contributed by atoms with Crippen LogP contribution in [0.1, 0.15) is 24.0 Å². The molecule has 1 N–H and O–H groups in total. The van der Waals surface area contributed by atoms with Gasteiger partial charge in [0.1, 0.15) is 11.6 Å². The van der Waals surface area contributed by atoms with Crippen molar-refractivity contribution in [2.24, 2.45) is 0 Å². The summed E-state index contributed by atoms with van der Waals surface area (Å²) in [5.74, 6) is 1.85. The lowest BCUT2D eigenvalue weighted by Gasteiger charge is -2.29. The van der Waals surface area contributed by atoms with E-state index in [4.69, 9.17) is 6.42 Å². The summed E-state index contributed by atoms with van der Waals surface area (Å²) in [5.41, 5.74) is 3.93. The minimum atomic E-state index is -0.300. The third-order valence-corrected chi connectivity index (χ3v) is 5.05. The van der Waals surface area contributed by atoms with Crippen LogP contribution in [-0.4, -0.2) is 37.0 Å². The molecule has 0 saturated carbocycles. The lowest BCUT2D eigenvalue weighted by Crippen LogP contribution is -2.35. The fourth-order valence-electron chi connectivity index (χ4n) is 3.55. The quantitative estimate of drug-likeness (QED) is 0.444. The van der Waals surface area contributed by atoms with Gasteiger partial charge in [-0.05, 0) is 53.8 Å². The Bertz CT molecular complexity index is 912. The Labute approximate surface area is 176 Å². The molecule has 3 rings (SSSR count). The Balaban J connectivity index is 1.77. The monoisotopic (exact) mass is 406 g/mol. The molecule has 3 nitrogen and oxygen atoms in total. The number of halogens is 2. The van der Waals surface area contributed by atoms with Crippen LogP contribution in [-0.2, 0) is 4.79 Å². The number of hydrogen-bond donors (Lipinski definition) is 1. The molecule has 30 heavy (non-hydrogen) atoms. The maximum absolute atomic E-state index is 13.4. The van der Waals surface area contributed by atoms with Gasteiger partial charge in [0.2, 0.25) is 5.91 Å². The van der Waals surface area contributed by atoms with Crippen LogP contribution in [0, 0.1) is 24.0 Å². The number of hydrogen-bond acceptors (Lipinski definition) is 2. The van der Waals surface area contributed by atoms with E-state index in [-0.39, 0.29) is 17.5 Å². The molecule has 5 heteroatoms. The second kappa shape index (κ2) is 10.5. The van der Waals surface area contributed by atoms with Gasteiger partial charge in [0, 0.05) is 25.7 Å². The maximum Gasteiger partial charge on any atom is 0.246 e. The van der Waals surface area contributed by atoms with Crippen LogP contribution in [0.15, 0.2) is 66.3 Å². The third kappa shape index (κ3) is 5.65. The molecule has 0 bridgehead atoms. The molecule has 0 atom stereocenters. The van der Waals surface area contributed by atoms with E-state index in [0.717, 1.165) is 16.7 Å². The van der Waals surface area contributed by atoms with Crippen molar-refractivity contribution in [2.75, 3.05) is 26.2 Å². The largest absolute Gasteiger partial charge is 0.339 e. The topological polar surface area (TPSA) is 32.3 Å². The van der Waals surface area contributed by atoms with E-state index < -0.39 is 0 Å². The summed E-state index contributed by atoms with van der Waals surface area (Å²) < 4.78 is 26.9. The number of terminal acetylenes is 1. The van der Waals surface area contributed by atoms with Crippen molar-refractivity contribution in [1.82, 2.24) is 10.2 Å². The number of nitrogens with zero attached hydrogens (tertiary/aromatic N) is 1. The first kappa shape index (κ1) is 21.5. The molecule has 0 aromatic heterocycles. The van der Waals surface area contributed by atoms with E-state index in [2.05, 4.69) is 11.2 Å². The van der Waals surface area contributed by atoms with Gasteiger partial charge in [-0.1, -0.05) is 41.8 Å². The molecule has 1 aliphatic heterocycles. The van der Waals surface area contributed by atoms with Gasteiger partial charge < -0.3 is 10.2 Å². The Morgan fingerprint density at radius 3 is 2.03 bits per heavy atom. The van der Waals surface area contributed by atoms with Gasteiger partial charge in [0.05, 0.1) is 6.54 Å². The molecular formula is C25H24F2N2O. The van der Waals surface area contributed by atoms with Crippen LogP contribution in [0.2, 0.25) is 0 Å². The van der Waals surface area contributed by atoms with Crippen molar-refractivity contribution in [2.45, 2.75) is 12.8 Å². The van der Waals surface area contributed by atoms with Crippen LogP contribution < -0.4 is 5.32 Å². The van der Waals surface area contributed by atoms with Crippen molar-refractivity contribution in [3.63, 3.8) is 0 Å². The molecule has 1 aliphatic rings. The zero-order chi connectivity index (χ0) is 21.3. The highest BCUT2D eigenvalue weighted by Crippen LogP contribution is 2.32. The number of likely N-dealkylation sites (tertiary alicyclic amines) is 1. The van der Waals surface area contributed by atoms with Gasteiger partial charge in [0.25, 0.3) is 0 Å². The lowest BCUT2D eigenvalue weighted by atomic mass is 9.88. The summed E-state index contributed by atoms with van der Waals surface area (Å²) in [6.07, 6.45) is 9.92. The molecule has 0 spiro atoms. The summed E-state index contributed by atoms with van der Waals surface area (Å²) in [6.45, 7) is 2.21. The average molecular weight is 406 g/mol. The van der Waals surface area contributed by atoms with Gasteiger partial charge in [-0.3, -0.25) is 4.79 Å². The summed E-state index contributed by atoms with van der Waals surface area (Å²) in [4.78, 5) is 14.2. The number of rotatable bonds is 6.